The highest BCUT2D eigenvalue weighted by molar-refractivity contribution is 6.26. The van der Waals surface area contributed by atoms with Gasteiger partial charge in [-0.05, 0) is 167 Å². The first-order valence-electron chi connectivity index (χ1n) is 31.1. The minimum Gasteiger partial charge on any atom is -0.309 e. The summed E-state index contributed by atoms with van der Waals surface area (Å²) < 4.78 is 43.7. The fourth-order valence-electron chi connectivity index (χ4n) is 15.9. The first-order valence-corrected chi connectivity index (χ1v) is 31.1. The van der Waals surface area contributed by atoms with Crippen LogP contribution in [0.15, 0.2) is 237 Å². The SMILES string of the molecule is C=C(c1ccccc1-c1ccc2c(c1C)c1ccccc1n2-c1ccccc1)c1c(-c2ccccc2F)c(C2CCCCC2)c(-n2c3ccccc3c3ccc4c(c5ccccc5n4-c4ccccc4)c32)c(C2CCCCC2)c1-c1ccccc1F. The van der Waals surface area contributed by atoms with Gasteiger partial charge in [0.15, 0.2) is 0 Å². The maximum absolute atomic E-state index is 18.1. The molecule has 2 aliphatic carbocycles. The second kappa shape index (κ2) is 21.2. The van der Waals surface area contributed by atoms with Crippen LogP contribution in [-0.2, 0) is 0 Å². The summed E-state index contributed by atoms with van der Waals surface area (Å²) in [6.07, 6.45) is 10.3. The number of halogens is 2. The molecule has 0 spiro atoms. The van der Waals surface area contributed by atoms with Crippen molar-refractivity contribution >= 4 is 71.0 Å². The molecule has 418 valence electrons. The van der Waals surface area contributed by atoms with E-state index in [9.17, 15) is 0 Å². The second-order valence-corrected chi connectivity index (χ2v) is 24.2. The van der Waals surface area contributed by atoms with Gasteiger partial charge in [0.2, 0.25) is 0 Å². The minimum atomic E-state index is -0.311. The van der Waals surface area contributed by atoms with Crippen molar-refractivity contribution in [2.24, 2.45) is 0 Å². The van der Waals surface area contributed by atoms with Gasteiger partial charge in [-0.1, -0.05) is 209 Å². The van der Waals surface area contributed by atoms with Gasteiger partial charge >= 0.3 is 0 Å². The number of nitrogens with zero attached hydrogens (tertiary/aromatic N) is 3. The van der Waals surface area contributed by atoms with Gasteiger partial charge in [-0.3, -0.25) is 0 Å². The van der Waals surface area contributed by atoms with Crippen LogP contribution in [0, 0.1) is 18.6 Å². The molecule has 5 heteroatoms. The molecule has 2 saturated carbocycles. The molecule has 0 N–H and O–H groups in total. The Kier molecular flexibility index (Phi) is 12.8. The van der Waals surface area contributed by atoms with Crippen molar-refractivity contribution < 1.29 is 8.78 Å². The van der Waals surface area contributed by atoms with E-state index in [-0.39, 0.29) is 23.5 Å². The Morgan fingerprint density at radius 3 is 1.35 bits per heavy atom. The number of aromatic nitrogens is 3. The zero-order chi connectivity index (χ0) is 57.6. The van der Waals surface area contributed by atoms with Crippen LogP contribution in [0.1, 0.15) is 104 Å². The van der Waals surface area contributed by atoms with Gasteiger partial charge in [0.05, 0.1) is 38.8 Å². The number of rotatable bonds is 10. The normalized spacial score (nSPS) is 14.4. The van der Waals surface area contributed by atoms with Crippen molar-refractivity contribution in [3.8, 4) is 50.4 Å². The summed E-state index contributed by atoms with van der Waals surface area (Å²) in [5.41, 5.74) is 20.7. The Labute approximate surface area is 500 Å². The molecule has 86 heavy (non-hydrogen) atoms. The van der Waals surface area contributed by atoms with Crippen molar-refractivity contribution in [1.82, 2.24) is 13.7 Å². The molecule has 16 rings (SSSR count). The Hall–Kier alpha value is -9.58. The van der Waals surface area contributed by atoms with Crippen LogP contribution in [0.5, 0.6) is 0 Å². The molecule has 0 bridgehead atoms. The van der Waals surface area contributed by atoms with Crippen LogP contribution in [0.25, 0.3) is 121 Å². The largest absolute Gasteiger partial charge is 0.309 e. The van der Waals surface area contributed by atoms with E-state index in [1.54, 1.807) is 24.3 Å². The van der Waals surface area contributed by atoms with Crippen molar-refractivity contribution in [3.63, 3.8) is 0 Å². The summed E-state index contributed by atoms with van der Waals surface area (Å²) >= 11 is 0. The Morgan fingerprint density at radius 2 is 0.802 bits per heavy atom. The van der Waals surface area contributed by atoms with Gasteiger partial charge in [-0.25, -0.2) is 8.78 Å². The smallest absolute Gasteiger partial charge is 0.131 e. The van der Waals surface area contributed by atoms with Crippen molar-refractivity contribution in [2.75, 3.05) is 0 Å². The summed E-state index contributed by atoms with van der Waals surface area (Å²) in [6.45, 7) is 7.57. The van der Waals surface area contributed by atoms with Gasteiger partial charge in [-0.15, -0.1) is 0 Å². The van der Waals surface area contributed by atoms with E-state index in [0.717, 1.165) is 192 Å². The molecule has 3 aromatic heterocycles. The molecule has 0 atom stereocenters. The van der Waals surface area contributed by atoms with E-state index in [0.29, 0.717) is 11.1 Å². The highest BCUT2D eigenvalue weighted by Crippen LogP contribution is 2.57. The molecular formula is C81H65F2N3. The summed E-state index contributed by atoms with van der Waals surface area (Å²) in [5.74, 6) is -0.538. The summed E-state index contributed by atoms with van der Waals surface area (Å²) in [6, 6.07) is 80.4. The minimum absolute atomic E-state index is 0.0415. The lowest BCUT2D eigenvalue weighted by Gasteiger charge is -2.37. The lowest BCUT2D eigenvalue weighted by Crippen LogP contribution is -2.20. The lowest BCUT2D eigenvalue weighted by atomic mass is 9.69. The Balaban J connectivity index is 1.09. The van der Waals surface area contributed by atoms with Crippen LogP contribution in [0.3, 0.4) is 0 Å². The molecule has 0 radical (unpaired) electrons. The lowest BCUT2D eigenvalue weighted by molar-refractivity contribution is 0.435. The average Bonchev–Trinajstić information content (AvgIpc) is 2.39. The summed E-state index contributed by atoms with van der Waals surface area (Å²) in [5, 5.41) is 6.98. The number of hydrogen-bond donors (Lipinski definition) is 0. The first kappa shape index (κ1) is 52.0. The van der Waals surface area contributed by atoms with E-state index >= 15 is 8.78 Å². The first-order chi connectivity index (χ1) is 42.4. The Bertz CT molecular complexity index is 4920. The summed E-state index contributed by atoms with van der Waals surface area (Å²) in [4.78, 5) is 0. The topological polar surface area (TPSA) is 14.8 Å². The molecule has 2 fully saturated rings. The van der Waals surface area contributed by atoms with Crippen LogP contribution < -0.4 is 0 Å². The van der Waals surface area contributed by atoms with Crippen molar-refractivity contribution in [1.29, 1.82) is 0 Å². The highest BCUT2D eigenvalue weighted by atomic mass is 19.1. The molecule has 0 aliphatic heterocycles. The molecule has 14 aromatic rings. The third kappa shape index (κ3) is 8.11. The monoisotopic (exact) mass is 1120 g/mol. The molecule has 3 nitrogen and oxygen atoms in total. The van der Waals surface area contributed by atoms with E-state index in [2.05, 4.69) is 203 Å². The number of hydrogen-bond acceptors (Lipinski definition) is 0. The average molecular weight is 1120 g/mol. The van der Waals surface area contributed by atoms with Gasteiger partial charge in [0.25, 0.3) is 0 Å². The molecule has 3 heterocycles. The quantitative estimate of drug-likeness (QED) is 0.130. The second-order valence-electron chi connectivity index (χ2n) is 24.2. The molecule has 0 unspecified atom stereocenters. The maximum atomic E-state index is 18.1. The Morgan fingerprint density at radius 1 is 0.372 bits per heavy atom. The predicted octanol–water partition coefficient (Wildman–Crippen LogP) is 22.7. The third-order valence-corrected chi connectivity index (χ3v) is 19.5. The van der Waals surface area contributed by atoms with Crippen molar-refractivity contribution in [2.45, 2.75) is 83.0 Å². The fraction of sp³-hybridized carbons (Fsp3) is 0.160. The highest BCUT2D eigenvalue weighted by Gasteiger charge is 2.38. The molecule has 11 aromatic carbocycles. The zero-order valence-electron chi connectivity index (χ0n) is 48.5. The third-order valence-electron chi connectivity index (χ3n) is 19.5. The van der Waals surface area contributed by atoms with Crippen molar-refractivity contribution in [3.05, 3.63) is 277 Å². The van der Waals surface area contributed by atoms with Crippen LogP contribution in [0.2, 0.25) is 0 Å². The molecule has 2 aliphatic rings. The van der Waals surface area contributed by atoms with E-state index in [1.165, 1.54) is 10.8 Å². The summed E-state index contributed by atoms with van der Waals surface area (Å²) in [7, 11) is 0. The number of fused-ring (bicyclic) bond motifs is 10. The number of aryl methyl sites for hydroxylation is 1. The van der Waals surface area contributed by atoms with Gasteiger partial charge in [0, 0.05) is 54.8 Å². The van der Waals surface area contributed by atoms with Crippen LogP contribution >= 0.6 is 0 Å². The molecule has 0 amide bonds. The van der Waals surface area contributed by atoms with E-state index in [1.807, 2.05) is 24.3 Å². The van der Waals surface area contributed by atoms with Crippen LogP contribution in [-0.4, -0.2) is 13.7 Å². The van der Waals surface area contributed by atoms with Gasteiger partial charge in [0.1, 0.15) is 11.6 Å². The molecule has 0 saturated heterocycles. The van der Waals surface area contributed by atoms with E-state index in [4.69, 9.17) is 6.58 Å². The van der Waals surface area contributed by atoms with E-state index < -0.39 is 0 Å². The standard InChI is InChI=1S/C81H65F2N3/c1-51-58(47-49-71-73(51)64-40-20-25-45-69(64)84(71)55-31-11-5-12-32-55)59-36-16-15-35-57(59)52(2)74-78(62-38-17-22-42-66(62)82)75(53-27-7-3-8-28-53)81(76(54-29-9-4-10-30-54)79(74)63-39-18-23-43-67(63)83)86-68-44-24-19-37-60(68)61-48-50-72-77(80(61)86)65-41-21-26-46-70(65)85(72)56-33-13-6-14-34-56/h5-6,11-26,31-50,53-54H,2-4,7-10,27-30H2,1H3. The number of para-hydroxylation sites is 5. The number of benzene rings is 11. The fourth-order valence-corrected chi connectivity index (χ4v) is 15.9. The maximum Gasteiger partial charge on any atom is 0.131 e. The van der Waals surface area contributed by atoms with Gasteiger partial charge in [-0.2, -0.15) is 0 Å². The van der Waals surface area contributed by atoms with Crippen LogP contribution in [0.4, 0.5) is 8.78 Å². The van der Waals surface area contributed by atoms with Gasteiger partial charge < -0.3 is 13.7 Å². The zero-order valence-corrected chi connectivity index (χ0v) is 48.5. The predicted molar refractivity (Wildman–Crippen MR) is 357 cm³/mol. The molecular weight excluding hydrogens is 1050 g/mol.